The first-order chi connectivity index (χ1) is 11.4. The molecule has 0 saturated carbocycles. The first-order valence-electron chi connectivity index (χ1n) is 8.52. The maximum atomic E-state index is 11.9. The number of carboxylic acids is 1. The first kappa shape index (κ1) is 18.2. The minimum Gasteiger partial charge on any atom is -0.478 e. The van der Waals surface area contributed by atoms with Crippen LogP contribution in [0.3, 0.4) is 0 Å². The first-order valence-corrected chi connectivity index (χ1v) is 8.52. The van der Waals surface area contributed by atoms with Crippen LogP contribution in [0.1, 0.15) is 52.4 Å². The van der Waals surface area contributed by atoms with Gasteiger partial charge in [0, 0.05) is 23.5 Å². The summed E-state index contributed by atoms with van der Waals surface area (Å²) in [4.78, 5) is 23.4. The van der Waals surface area contributed by atoms with Gasteiger partial charge in [-0.25, -0.2) is 9.59 Å². The van der Waals surface area contributed by atoms with Crippen LogP contribution in [0.4, 0.5) is 0 Å². The maximum absolute atomic E-state index is 11.9. The predicted molar refractivity (Wildman–Crippen MR) is 93.4 cm³/mol. The summed E-state index contributed by atoms with van der Waals surface area (Å²) in [6.07, 6.45) is 10.1. The van der Waals surface area contributed by atoms with Crippen LogP contribution in [0.5, 0.6) is 0 Å². The normalized spacial score (nSPS) is 26.5. The van der Waals surface area contributed by atoms with Crippen molar-refractivity contribution in [1.82, 2.24) is 0 Å². The fourth-order valence-corrected chi connectivity index (χ4v) is 3.18. The molecule has 24 heavy (non-hydrogen) atoms. The summed E-state index contributed by atoms with van der Waals surface area (Å²) in [5.41, 5.74) is 3.32. The van der Waals surface area contributed by atoms with E-state index in [1.165, 1.54) is 11.1 Å². The maximum Gasteiger partial charge on any atom is 0.334 e. The summed E-state index contributed by atoms with van der Waals surface area (Å²) >= 11 is 0. The molecule has 0 aromatic heterocycles. The van der Waals surface area contributed by atoms with E-state index in [4.69, 9.17) is 4.74 Å². The second-order valence-corrected chi connectivity index (χ2v) is 6.73. The standard InChI is InChI=1S/C20H26O4/c1-13-6-4-7-14(2)10-11-17-15(3)20(23)24-18(17)12-16(19(21)22)9-5-8-13/h6,9-10,17-18H,3-5,7-8,11-12H2,1-2H3,(H,21,22). The lowest BCUT2D eigenvalue weighted by Gasteiger charge is -2.17. The average molecular weight is 330 g/mol. The Bertz CT molecular complexity index is 622. The fraction of sp³-hybridized carbons (Fsp3) is 0.500. The van der Waals surface area contributed by atoms with Crippen molar-refractivity contribution in [1.29, 1.82) is 0 Å². The van der Waals surface area contributed by atoms with E-state index in [2.05, 4.69) is 32.6 Å². The molecule has 0 spiro atoms. The molecule has 0 radical (unpaired) electrons. The number of ether oxygens (including phenoxy) is 1. The molecule has 1 heterocycles. The number of aliphatic carboxylic acids is 1. The molecule has 0 aromatic carbocycles. The lowest BCUT2D eigenvalue weighted by atomic mass is 9.88. The molecule has 0 amide bonds. The van der Waals surface area contributed by atoms with Gasteiger partial charge in [-0.1, -0.05) is 36.0 Å². The summed E-state index contributed by atoms with van der Waals surface area (Å²) < 4.78 is 5.39. The topological polar surface area (TPSA) is 63.6 Å². The van der Waals surface area contributed by atoms with Crippen molar-refractivity contribution in [2.75, 3.05) is 0 Å². The molecular formula is C20H26O4. The number of hydrogen-bond donors (Lipinski definition) is 1. The molecule has 0 aromatic rings. The summed E-state index contributed by atoms with van der Waals surface area (Å²) in [6.45, 7) is 8.02. The number of allylic oxidation sites excluding steroid dienone is 5. The van der Waals surface area contributed by atoms with Crippen molar-refractivity contribution >= 4 is 11.9 Å². The van der Waals surface area contributed by atoms with Gasteiger partial charge in [-0.15, -0.1) is 0 Å². The number of esters is 1. The molecule has 1 fully saturated rings. The third kappa shape index (κ3) is 4.70. The van der Waals surface area contributed by atoms with E-state index >= 15 is 0 Å². The Kier molecular flexibility index (Phi) is 6.18. The van der Waals surface area contributed by atoms with Gasteiger partial charge >= 0.3 is 11.9 Å². The number of carbonyl (C=O) groups is 2. The highest BCUT2D eigenvalue weighted by atomic mass is 16.6. The summed E-state index contributed by atoms with van der Waals surface area (Å²) in [5.74, 6) is -1.49. The van der Waals surface area contributed by atoms with Gasteiger partial charge in [0.05, 0.1) is 0 Å². The Balaban J connectivity index is 2.28. The number of hydrogen-bond acceptors (Lipinski definition) is 3. The van der Waals surface area contributed by atoms with E-state index in [1.807, 2.05) is 0 Å². The van der Waals surface area contributed by atoms with Crippen molar-refractivity contribution in [2.45, 2.75) is 58.5 Å². The van der Waals surface area contributed by atoms with Gasteiger partial charge in [0.2, 0.25) is 0 Å². The Morgan fingerprint density at radius 3 is 2.46 bits per heavy atom. The highest BCUT2D eigenvalue weighted by Crippen LogP contribution is 2.34. The van der Waals surface area contributed by atoms with E-state index < -0.39 is 18.0 Å². The van der Waals surface area contributed by atoms with Crippen LogP contribution in [0, 0.1) is 5.92 Å². The lowest BCUT2D eigenvalue weighted by Crippen LogP contribution is -2.19. The highest BCUT2D eigenvalue weighted by molar-refractivity contribution is 5.91. The average Bonchev–Trinajstić information content (AvgIpc) is 2.78. The van der Waals surface area contributed by atoms with Gasteiger partial charge in [0.25, 0.3) is 0 Å². The largest absolute Gasteiger partial charge is 0.478 e. The van der Waals surface area contributed by atoms with Gasteiger partial charge in [-0.3, -0.25) is 0 Å². The second-order valence-electron chi connectivity index (χ2n) is 6.73. The molecule has 1 aliphatic heterocycles. The minimum atomic E-state index is -0.942. The Labute approximate surface area is 143 Å². The number of fused-ring (bicyclic) bond motifs is 1. The lowest BCUT2D eigenvalue weighted by molar-refractivity contribution is -0.140. The Morgan fingerprint density at radius 1 is 1.17 bits per heavy atom. The van der Waals surface area contributed by atoms with Gasteiger partial charge in [0.1, 0.15) is 6.10 Å². The highest BCUT2D eigenvalue weighted by Gasteiger charge is 2.38. The van der Waals surface area contributed by atoms with Crippen molar-refractivity contribution in [3.8, 4) is 0 Å². The smallest absolute Gasteiger partial charge is 0.334 e. The number of carbonyl (C=O) groups excluding carboxylic acids is 1. The SMILES string of the molecule is C=C1C(=O)OC2CC(C(=O)O)=CCCC(C)=CCCC(C)=CCC12. The molecule has 130 valence electrons. The van der Waals surface area contributed by atoms with Gasteiger partial charge in [-0.05, 0) is 46.0 Å². The van der Waals surface area contributed by atoms with Crippen LogP contribution in [0.15, 0.2) is 47.1 Å². The Morgan fingerprint density at radius 2 is 1.79 bits per heavy atom. The summed E-state index contributed by atoms with van der Waals surface area (Å²) in [7, 11) is 0. The van der Waals surface area contributed by atoms with E-state index in [-0.39, 0.29) is 12.3 Å². The predicted octanol–water partition coefficient (Wildman–Crippen LogP) is 4.34. The van der Waals surface area contributed by atoms with Crippen LogP contribution in [0.25, 0.3) is 0 Å². The summed E-state index contributed by atoms with van der Waals surface area (Å²) in [5, 5.41) is 9.45. The second kappa shape index (κ2) is 8.13. The van der Waals surface area contributed by atoms with E-state index in [9.17, 15) is 14.7 Å². The van der Waals surface area contributed by atoms with Crippen molar-refractivity contribution in [2.24, 2.45) is 5.92 Å². The third-order valence-electron chi connectivity index (χ3n) is 4.79. The molecule has 4 heteroatoms. The molecule has 2 rings (SSSR count). The van der Waals surface area contributed by atoms with Gasteiger partial charge in [-0.2, -0.15) is 0 Å². The molecule has 4 nitrogen and oxygen atoms in total. The zero-order valence-electron chi connectivity index (χ0n) is 14.5. The molecule has 2 unspecified atom stereocenters. The van der Waals surface area contributed by atoms with Crippen LogP contribution < -0.4 is 0 Å². The molecule has 1 N–H and O–H groups in total. The van der Waals surface area contributed by atoms with E-state index in [0.29, 0.717) is 24.0 Å². The van der Waals surface area contributed by atoms with Gasteiger partial charge < -0.3 is 9.84 Å². The van der Waals surface area contributed by atoms with E-state index in [1.54, 1.807) is 6.08 Å². The number of carboxylic acid groups (broad SMARTS) is 1. The van der Waals surface area contributed by atoms with Crippen molar-refractivity contribution in [3.05, 3.63) is 47.1 Å². The van der Waals surface area contributed by atoms with Crippen LogP contribution in [-0.4, -0.2) is 23.1 Å². The van der Waals surface area contributed by atoms with Crippen molar-refractivity contribution in [3.63, 3.8) is 0 Å². The molecule has 1 aliphatic carbocycles. The minimum absolute atomic E-state index is 0.143. The quantitative estimate of drug-likeness (QED) is 0.441. The Hall–Kier alpha value is -2.10. The molecule has 2 aliphatic rings. The molecule has 2 atom stereocenters. The molecular weight excluding hydrogens is 304 g/mol. The zero-order chi connectivity index (χ0) is 17.7. The van der Waals surface area contributed by atoms with Gasteiger partial charge in [0.15, 0.2) is 0 Å². The van der Waals surface area contributed by atoms with Crippen molar-refractivity contribution < 1.29 is 19.4 Å². The molecule has 0 bridgehead atoms. The zero-order valence-corrected chi connectivity index (χ0v) is 14.5. The third-order valence-corrected chi connectivity index (χ3v) is 4.79. The monoisotopic (exact) mass is 330 g/mol. The van der Waals surface area contributed by atoms with Crippen LogP contribution >= 0.6 is 0 Å². The van der Waals surface area contributed by atoms with Crippen LogP contribution in [0.2, 0.25) is 0 Å². The van der Waals surface area contributed by atoms with Crippen LogP contribution in [-0.2, 0) is 14.3 Å². The fourth-order valence-electron chi connectivity index (χ4n) is 3.18. The molecule has 1 saturated heterocycles. The van der Waals surface area contributed by atoms with E-state index in [0.717, 1.165) is 19.3 Å². The summed E-state index contributed by atoms with van der Waals surface area (Å²) in [6, 6.07) is 0. The number of rotatable bonds is 1.